The summed E-state index contributed by atoms with van der Waals surface area (Å²) in [6, 6.07) is 2.26. The zero-order valence-electron chi connectivity index (χ0n) is 10.7. The van der Waals surface area contributed by atoms with Crippen LogP contribution in [-0.2, 0) is 16.1 Å². The first kappa shape index (κ1) is 14.2. The number of amides is 1. The van der Waals surface area contributed by atoms with Gasteiger partial charge in [-0.15, -0.1) is 0 Å². The van der Waals surface area contributed by atoms with Crippen molar-refractivity contribution in [2.75, 3.05) is 7.05 Å². The van der Waals surface area contributed by atoms with Crippen molar-refractivity contribution in [1.29, 1.82) is 0 Å². The average molecular weight is 254 g/mol. The SMILES string of the molecule is CC(C(=O)O)N(C)C(C)C(=O)NCc1ccco1. The van der Waals surface area contributed by atoms with Gasteiger partial charge in [0.2, 0.25) is 5.91 Å². The molecule has 1 heterocycles. The van der Waals surface area contributed by atoms with Gasteiger partial charge in [-0.05, 0) is 33.0 Å². The van der Waals surface area contributed by atoms with Crippen LogP contribution < -0.4 is 5.32 Å². The Labute approximate surface area is 106 Å². The number of nitrogens with one attached hydrogen (secondary N) is 1. The van der Waals surface area contributed by atoms with Crippen molar-refractivity contribution in [3.63, 3.8) is 0 Å². The lowest BCUT2D eigenvalue weighted by Gasteiger charge is -2.27. The highest BCUT2D eigenvalue weighted by atomic mass is 16.4. The topological polar surface area (TPSA) is 82.8 Å². The molecule has 18 heavy (non-hydrogen) atoms. The van der Waals surface area contributed by atoms with Crippen molar-refractivity contribution in [1.82, 2.24) is 10.2 Å². The molecule has 0 fully saturated rings. The molecule has 0 bridgehead atoms. The lowest BCUT2D eigenvalue weighted by molar-refractivity contribution is -0.143. The summed E-state index contributed by atoms with van der Waals surface area (Å²) in [5, 5.41) is 11.6. The van der Waals surface area contributed by atoms with Gasteiger partial charge in [0.25, 0.3) is 0 Å². The number of carbonyl (C=O) groups excluding carboxylic acids is 1. The van der Waals surface area contributed by atoms with Crippen LogP contribution in [0.3, 0.4) is 0 Å². The van der Waals surface area contributed by atoms with Gasteiger partial charge in [0.05, 0.1) is 18.8 Å². The van der Waals surface area contributed by atoms with Crippen molar-refractivity contribution in [2.24, 2.45) is 0 Å². The van der Waals surface area contributed by atoms with Crippen molar-refractivity contribution >= 4 is 11.9 Å². The third-order valence-corrected chi connectivity index (χ3v) is 2.98. The molecule has 2 unspecified atom stereocenters. The number of furan rings is 1. The minimum Gasteiger partial charge on any atom is -0.480 e. The summed E-state index contributed by atoms with van der Waals surface area (Å²) in [6.45, 7) is 3.50. The average Bonchev–Trinajstić information content (AvgIpc) is 2.86. The Hall–Kier alpha value is -1.82. The Kier molecular flexibility index (Phi) is 4.91. The molecule has 0 aliphatic carbocycles. The van der Waals surface area contributed by atoms with Crippen molar-refractivity contribution in [3.8, 4) is 0 Å². The van der Waals surface area contributed by atoms with E-state index in [4.69, 9.17) is 9.52 Å². The predicted octanol–water partition coefficient (Wildman–Crippen LogP) is 0.689. The van der Waals surface area contributed by atoms with Gasteiger partial charge < -0.3 is 14.8 Å². The molecule has 2 atom stereocenters. The van der Waals surface area contributed by atoms with Gasteiger partial charge in [-0.3, -0.25) is 14.5 Å². The Morgan fingerprint density at radius 1 is 1.44 bits per heavy atom. The van der Waals surface area contributed by atoms with Gasteiger partial charge in [0.15, 0.2) is 0 Å². The van der Waals surface area contributed by atoms with Crippen LogP contribution in [0.4, 0.5) is 0 Å². The number of aliphatic carboxylic acids is 1. The second kappa shape index (κ2) is 6.20. The molecule has 1 aromatic heterocycles. The first-order chi connectivity index (χ1) is 8.43. The zero-order valence-corrected chi connectivity index (χ0v) is 10.7. The van der Waals surface area contributed by atoms with Crippen molar-refractivity contribution in [2.45, 2.75) is 32.5 Å². The fourth-order valence-corrected chi connectivity index (χ4v) is 1.43. The van der Waals surface area contributed by atoms with Gasteiger partial charge in [-0.25, -0.2) is 0 Å². The maximum Gasteiger partial charge on any atom is 0.320 e. The number of carbonyl (C=O) groups is 2. The lowest BCUT2D eigenvalue weighted by atomic mass is 10.2. The van der Waals surface area contributed by atoms with Crippen LogP contribution in [0.15, 0.2) is 22.8 Å². The van der Waals surface area contributed by atoms with Crippen LogP contribution in [-0.4, -0.2) is 41.0 Å². The molecule has 0 saturated carbocycles. The summed E-state index contributed by atoms with van der Waals surface area (Å²) in [7, 11) is 1.61. The number of nitrogens with zero attached hydrogens (tertiary/aromatic N) is 1. The molecule has 100 valence electrons. The van der Waals surface area contributed by atoms with Crippen LogP contribution in [0.1, 0.15) is 19.6 Å². The van der Waals surface area contributed by atoms with E-state index in [0.717, 1.165) is 0 Å². The van der Waals surface area contributed by atoms with Crippen LogP contribution >= 0.6 is 0 Å². The molecular weight excluding hydrogens is 236 g/mol. The first-order valence-corrected chi connectivity index (χ1v) is 5.68. The van der Waals surface area contributed by atoms with E-state index in [2.05, 4.69) is 5.32 Å². The summed E-state index contributed by atoms with van der Waals surface area (Å²) in [5.74, 6) is -0.533. The van der Waals surface area contributed by atoms with E-state index < -0.39 is 18.1 Å². The molecule has 0 radical (unpaired) electrons. The van der Waals surface area contributed by atoms with E-state index in [-0.39, 0.29) is 5.91 Å². The molecule has 0 spiro atoms. The van der Waals surface area contributed by atoms with Crippen molar-refractivity contribution in [3.05, 3.63) is 24.2 Å². The lowest BCUT2D eigenvalue weighted by Crippen LogP contribution is -2.49. The Balaban J connectivity index is 2.48. The number of carboxylic acid groups (broad SMARTS) is 1. The number of carboxylic acids is 1. The molecule has 0 saturated heterocycles. The molecule has 6 nitrogen and oxygen atoms in total. The standard InChI is InChI=1S/C12H18N2O4/c1-8(14(3)9(2)12(16)17)11(15)13-7-10-5-4-6-18-10/h4-6,8-9H,7H2,1-3H3,(H,13,15)(H,16,17). The Bertz CT molecular complexity index is 402. The van der Waals surface area contributed by atoms with E-state index >= 15 is 0 Å². The van der Waals surface area contributed by atoms with Gasteiger partial charge in [-0.2, -0.15) is 0 Å². The highest BCUT2D eigenvalue weighted by Gasteiger charge is 2.26. The number of hydrogen-bond donors (Lipinski definition) is 2. The van der Waals surface area contributed by atoms with Gasteiger partial charge in [-0.1, -0.05) is 0 Å². The highest BCUT2D eigenvalue weighted by Crippen LogP contribution is 2.04. The highest BCUT2D eigenvalue weighted by molar-refractivity contribution is 5.82. The monoisotopic (exact) mass is 254 g/mol. The van der Waals surface area contributed by atoms with Crippen LogP contribution in [0.5, 0.6) is 0 Å². The summed E-state index contributed by atoms with van der Waals surface area (Å²) < 4.78 is 5.09. The molecular formula is C12H18N2O4. The third kappa shape index (κ3) is 3.59. The maximum absolute atomic E-state index is 11.8. The van der Waals surface area contributed by atoms with Crippen LogP contribution in [0.2, 0.25) is 0 Å². The predicted molar refractivity (Wildman–Crippen MR) is 64.9 cm³/mol. The summed E-state index contributed by atoms with van der Waals surface area (Å²) >= 11 is 0. The van der Waals surface area contributed by atoms with Gasteiger partial charge >= 0.3 is 5.97 Å². The molecule has 1 rings (SSSR count). The second-order valence-electron chi connectivity index (χ2n) is 4.15. The fourth-order valence-electron chi connectivity index (χ4n) is 1.43. The molecule has 0 aromatic carbocycles. The molecule has 0 aliphatic rings. The molecule has 1 amide bonds. The van der Waals surface area contributed by atoms with E-state index in [1.54, 1.807) is 33.0 Å². The van der Waals surface area contributed by atoms with E-state index in [1.165, 1.54) is 11.2 Å². The molecule has 0 aliphatic heterocycles. The first-order valence-electron chi connectivity index (χ1n) is 5.68. The van der Waals surface area contributed by atoms with E-state index in [1.807, 2.05) is 0 Å². The number of likely N-dealkylation sites (N-methyl/N-ethyl adjacent to an activating group) is 1. The molecule has 2 N–H and O–H groups in total. The van der Waals surface area contributed by atoms with Crippen LogP contribution in [0, 0.1) is 0 Å². The summed E-state index contributed by atoms with van der Waals surface area (Å²) in [6.07, 6.45) is 1.53. The van der Waals surface area contributed by atoms with Gasteiger partial charge in [0, 0.05) is 0 Å². The normalized spacial score (nSPS) is 14.2. The number of hydrogen-bond acceptors (Lipinski definition) is 4. The summed E-state index contributed by atoms with van der Waals surface area (Å²) in [4.78, 5) is 24.1. The number of rotatable bonds is 6. The quantitative estimate of drug-likeness (QED) is 0.780. The summed E-state index contributed by atoms with van der Waals surface area (Å²) in [5.41, 5.74) is 0. The molecule has 1 aromatic rings. The minimum atomic E-state index is -0.955. The van der Waals surface area contributed by atoms with Crippen LogP contribution in [0.25, 0.3) is 0 Å². The van der Waals surface area contributed by atoms with Crippen molar-refractivity contribution < 1.29 is 19.1 Å². The van der Waals surface area contributed by atoms with Gasteiger partial charge in [0.1, 0.15) is 11.8 Å². The maximum atomic E-state index is 11.8. The third-order valence-electron chi connectivity index (χ3n) is 2.98. The minimum absolute atomic E-state index is 0.234. The molecule has 6 heteroatoms. The Morgan fingerprint density at radius 2 is 2.11 bits per heavy atom. The van der Waals surface area contributed by atoms with E-state index in [9.17, 15) is 9.59 Å². The Morgan fingerprint density at radius 3 is 2.61 bits per heavy atom. The smallest absolute Gasteiger partial charge is 0.320 e. The zero-order chi connectivity index (χ0) is 13.7. The fraction of sp³-hybridized carbons (Fsp3) is 0.500. The largest absolute Gasteiger partial charge is 0.480 e. The second-order valence-corrected chi connectivity index (χ2v) is 4.15. The van der Waals surface area contributed by atoms with E-state index in [0.29, 0.717) is 12.3 Å².